The van der Waals surface area contributed by atoms with Gasteiger partial charge in [0.2, 0.25) is 0 Å². The first-order valence-corrected chi connectivity index (χ1v) is 6.40. The number of nitrogens with one attached hydrogen (secondary N) is 1. The van der Waals surface area contributed by atoms with Gasteiger partial charge in [0.1, 0.15) is 0 Å². The molecule has 1 aromatic rings. The van der Waals surface area contributed by atoms with Gasteiger partial charge in [0, 0.05) is 24.7 Å². The smallest absolute Gasteiger partial charge is 0.317 e. The van der Waals surface area contributed by atoms with E-state index in [0.29, 0.717) is 18.1 Å². The summed E-state index contributed by atoms with van der Waals surface area (Å²) in [4.78, 5) is 23.8. The van der Waals surface area contributed by atoms with E-state index in [1.54, 1.807) is 11.0 Å². The Morgan fingerprint density at radius 3 is 2.63 bits per heavy atom. The van der Waals surface area contributed by atoms with E-state index in [9.17, 15) is 9.59 Å². The van der Waals surface area contributed by atoms with Crippen LogP contribution in [0.2, 0.25) is 5.02 Å². The second kappa shape index (κ2) is 7.63. The minimum atomic E-state index is -0.936. The molecule has 104 valence electrons. The van der Waals surface area contributed by atoms with Crippen LogP contribution in [0.4, 0.5) is 4.79 Å². The summed E-state index contributed by atoms with van der Waals surface area (Å²) in [6, 6.07) is 7.03. The van der Waals surface area contributed by atoms with Crippen LogP contribution < -0.4 is 5.32 Å². The van der Waals surface area contributed by atoms with Crippen LogP contribution in [0.15, 0.2) is 24.3 Å². The van der Waals surface area contributed by atoms with Gasteiger partial charge in [-0.2, -0.15) is 0 Å². The Labute approximate surface area is 117 Å². The maximum Gasteiger partial charge on any atom is 0.317 e. The standard InChI is InChI=1S/C13H17ClN2O3/c1-2-16(13(19)15-8-7-12(17)18)9-10-5-3-4-6-11(10)14/h3-6H,2,7-9H2,1H3,(H,15,19)(H,17,18). The Bertz CT molecular complexity index is 451. The molecule has 1 aromatic carbocycles. The predicted octanol–water partition coefficient (Wildman–Crippen LogP) is 2.35. The highest BCUT2D eigenvalue weighted by Crippen LogP contribution is 2.16. The molecule has 0 aliphatic heterocycles. The number of hydrogen-bond acceptors (Lipinski definition) is 2. The van der Waals surface area contributed by atoms with Crippen molar-refractivity contribution < 1.29 is 14.7 Å². The number of amides is 2. The number of urea groups is 1. The molecule has 19 heavy (non-hydrogen) atoms. The van der Waals surface area contributed by atoms with Crippen LogP contribution in [0.1, 0.15) is 18.9 Å². The lowest BCUT2D eigenvalue weighted by atomic mass is 10.2. The summed E-state index contributed by atoms with van der Waals surface area (Å²) in [6.07, 6.45) is -0.0879. The van der Waals surface area contributed by atoms with E-state index in [1.807, 2.05) is 25.1 Å². The van der Waals surface area contributed by atoms with Crippen molar-refractivity contribution in [3.05, 3.63) is 34.9 Å². The largest absolute Gasteiger partial charge is 0.481 e. The van der Waals surface area contributed by atoms with Crippen LogP contribution >= 0.6 is 11.6 Å². The van der Waals surface area contributed by atoms with Crippen molar-refractivity contribution in [1.29, 1.82) is 0 Å². The average molecular weight is 285 g/mol. The van der Waals surface area contributed by atoms with Crippen molar-refractivity contribution in [1.82, 2.24) is 10.2 Å². The Hall–Kier alpha value is -1.75. The molecule has 0 saturated heterocycles. The van der Waals surface area contributed by atoms with Gasteiger partial charge < -0.3 is 15.3 Å². The monoisotopic (exact) mass is 284 g/mol. The van der Waals surface area contributed by atoms with E-state index in [0.717, 1.165) is 5.56 Å². The fourth-order valence-corrected chi connectivity index (χ4v) is 1.74. The summed E-state index contributed by atoms with van der Waals surface area (Å²) < 4.78 is 0. The van der Waals surface area contributed by atoms with E-state index in [1.165, 1.54) is 0 Å². The maximum atomic E-state index is 11.9. The molecule has 0 spiro atoms. The zero-order chi connectivity index (χ0) is 14.3. The summed E-state index contributed by atoms with van der Waals surface area (Å²) in [5, 5.41) is 11.7. The number of hydrogen-bond donors (Lipinski definition) is 2. The van der Waals surface area contributed by atoms with E-state index >= 15 is 0 Å². The third kappa shape index (κ3) is 5.18. The summed E-state index contributed by atoms with van der Waals surface area (Å²) in [7, 11) is 0. The van der Waals surface area contributed by atoms with E-state index in [4.69, 9.17) is 16.7 Å². The van der Waals surface area contributed by atoms with Gasteiger partial charge in [-0.1, -0.05) is 29.8 Å². The lowest BCUT2D eigenvalue weighted by molar-refractivity contribution is -0.136. The summed E-state index contributed by atoms with van der Waals surface area (Å²) in [5.41, 5.74) is 0.861. The van der Waals surface area contributed by atoms with Gasteiger partial charge in [-0.15, -0.1) is 0 Å². The molecular formula is C13H17ClN2O3. The highest BCUT2D eigenvalue weighted by Gasteiger charge is 2.13. The zero-order valence-electron chi connectivity index (χ0n) is 10.7. The molecular weight excluding hydrogens is 268 g/mol. The topological polar surface area (TPSA) is 69.6 Å². The predicted molar refractivity (Wildman–Crippen MR) is 73.2 cm³/mol. The number of nitrogens with zero attached hydrogens (tertiary/aromatic N) is 1. The van der Waals surface area contributed by atoms with Crippen molar-refractivity contribution in [3.63, 3.8) is 0 Å². The van der Waals surface area contributed by atoms with Crippen LogP contribution in [0.25, 0.3) is 0 Å². The molecule has 0 heterocycles. The Balaban J connectivity index is 2.55. The van der Waals surface area contributed by atoms with E-state index in [2.05, 4.69) is 5.32 Å². The molecule has 0 atom stereocenters. The Morgan fingerprint density at radius 1 is 1.37 bits per heavy atom. The molecule has 0 bridgehead atoms. The van der Waals surface area contributed by atoms with Crippen LogP contribution in [0.5, 0.6) is 0 Å². The average Bonchev–Trinajstić information content (AvgIpc) is 2.37. The van der Waals surface area contributed by atoms with Crippen LogP contribution in [-0.2, 0) is 11.3 Å². The van der Waals surface area contributed by atoms with Crippen molar-refractivity contribution in [2.75, 3.05) is 13.1 Å². The minimum Gasteiger partial charge on any atom is -0.481 e. The first-order chi connectivity index (χ1) is 9.04. The van der Waals surface area contributed by atoms with Crippen LogP contribution in [0, 0.1) is 0 Å². The maximum absolute atomic E-state index is 11.9. The highest BCUT2D eigenvalue weighted by molar-refractivity contribution is 6.31. The lowest BCUT2D eigenvalue weighted by Crippen LogP contribution is -2.40. The van der Waals surface area contributed by atoms with Gasteiger partial charge in [-0.25, -0.2) is 4.79 Å². The molecule has 0 aliphatic rings. The molecule has 0 fully saturated rings. The highest BCUT2D eigenvalue weighted by atomic mass is 35.5. The number of carbonyl (C=O) groups is 2. The second-order valence-corrected chi connectivity index (χ2v) is 4.39. The molecule has 2 N–H and O–H groups in total. The number of carboxylic acids is 1. The molecule has 0 saturated carbocycles. The second-order valence-electron chi connectivity index (χ2n) is 3.98. The minimum absolute atomic E-state index is 0.0879. The number of rotatable bonds is 6. The zero-order valence-corrected chi connectivity index (χ0v) is 11.5. The van der Waals surface area contributed by atoms with E-state index in [-0.39, 0.29) is 19.0 Å². The molecule has 5 nitrogen and oxygen atoms in total. The summed E-state index contributed by atoms with van der Waals surface area (Å²) in [6.45, 7) is 2.89. The molecule has 0 radical (unpaired) electrons. The van der Waals surface area contributed by atoms with Gasteiger partial charge >= 0.3 is 12.0 Å². The van der Waals surface area contributed by atoms with Gasteiger partial charge in [0.15, 0.2) is 0 Å². The van der Waals surface area contributed by atoms with Gasteiger partial charge in [-0.3, -0.25) is 4.79 Å². The van der Waals surface area contributed by atoms with Gasteiger partial charge in [-0.05, 0) is 18.6 Å². The molecule has 2 amide bonds. The number of carbonyl (C=O) groups excluding carboxylic acids is 1. The molecule has 1 rings (SSSR count). The van der Waals surface area contributed by atoms with Gasteiger partial charge in [0.05, 0.1) is 6.42 Å². The quantitative estimate of drug-likeness (QED) is 0.842. The number of carboxylic acid groups (broad SMARTS) is 1. The molecule has 0 unspecified atom stereocenters. The third-order valence-corrected chi connectivity index (χ3v) is 2.97. The SMILES string of the molecule is CCN(Cc1ccccc1Cl)C(=O)NCCC(=O)O. The normalized spacial score (nSPS) is 10.0. The van der Waals surface area contributed by atoms with Crippen LogP contribution in [0.3, 0.4) is 0 Å². The van der Waals surface area contributed by atoms with Crippen molar-refractivity contribution in [2.24, 2.45) is 0 Å². The lowest BCUT2D eigenvalue weighted by Gasteiger charge is -2.21. The van der Waals surface area contributed by atoms with Crippen molar-refractivity contribution in [2.45, 2.75) is 19.9 Å². The molecule has 6 heteroatoms. The fourth-order valence-electron chi connectivity index (χ4n) is 1.55. The number of aliphatic carboxylic acids is 1. The van der Waals surface area contributed by atoms with E-state index < -0.39 is 5.97 Å². The summed E-state index contributed by atoms with van der Waals surface area (Å²) >= 11 is 6.04. The fraction of sp³-hybridized carbons (Fsp3) is 0.385. The Kier molecular flexibility index (Phi) is 6.15. The Morgan fingerprint density at radius 2 is 2.05 bits per heavy atom. The first kappa shape index (κ1) is 15.3. The van der Waals surface area contributed by atoms with Crippen molar-refractivity contribution >= 4 is 23.6 Å². The van der Waals surface area contributed by atoms with Gasteiger partial charge in [0.25, 0.3) is 0 Å². The van der Waals surface area contributed by atoms with Crippen molar-refractivity contribution in [3.8, 4) is 0 Å². The first-order valence-electron chi connectivity index (χ1n) is 6.02. The summed E-state index contributed by atoms with van der Waals surface area (Å²) in [5.74, 6) is -0.936. The molecule has 0 aliphatic carbocycles. The number of benzene rings is 1. The molecule has 0 aromatic heterocycles. The number of halogens is 1. The third-order valence-electron chi connectivity index (χ3n) is 2.60. The van der Waals surface area contributed by atoms with Crippen LogP contribution in [-0.4, -0.2) is 35.1 Å².